The molecule has 0 radical (unpaired) electrons. The lowest BCUT2D eigenvalue weighted by atomic mass is 10.2. The number of aryl methyl sites for hydroxylation is 3. The van der Waals surface area contributed by atoms with Crippen LogP contribution in [0.1, 0.15) is 19.2 Å². The average Bonchev–Trinajstić information content (AvgIpc) is 3.17. The van der Waals surface area contributed by atoms with Crippen molar-refractivity contribution in [3.8, 4) is 11.3 Å². The summed E-state index contributed by atoms with van der Waals surface area (Å²) in [6.45, 7) is 3.86. The van der Waals surface area contributed by atoms with Gasteiger partial charge in [-0.15, -0.1) is 5.10 Å². The molecule has 0 saturated carbocycles. The van der Waals surface area contributed by atoms with Crippen molar-refractivity contribution in [1.82, 2.24) is 29.5 Å². The van der Waals surface area contributed by atoms with Crippen molar-refractivity contribution in [2.45, 2.75) is 32.9 Å². The molecule has 0 bridgehead atoms. The molecule has 0 amide bonds. The van der Waals surface area contributed by atoms with E-state index in [1.165, 1.54) is 0 Å². The Morgan fingerprint density at radius 1 is 1.18 bits per heavy atom. The summed E-state index contributed by atoms with van der Waals surface area (Å²) in [6.07, 6.45) is 9.43. The van der Waals surface area contributed by atoms with Crippen LogP contribution in [0.5, 0.6) is 0 Å². The fraction of sp³-hybridized carbons (Fsp3) is 0.333. The zero-order valence-electron chi connectivity index (χ0n) is 12.4. The minimum absolute atomic E-state index is 0.475. The van der Waals surface area contributed by atoms with Crippen molar-refractivity contribution in [3.05, 3.63) is 47.9 Å². The van der Waals surface area contributed by atoms with Gasteiger partial charge in [0.15, 0.2) is 0 Å². The predicted molar refractivity (Wildman–Crippen MR) is 84.5 cm³/mol. The first-order valence-electron chi connectivity index (χ1n) is 7.28. The third kappa shape index (κ3) is 3.33. The van der Waals surface area contributed by atoms with Gasteiger partial charge >= 0.3 is 0 Å². The topological polar surface area (TPSA) is 61.4 Å². The molecule has 0 aromatic carbocycles. The molecule has 3 heterocycles. The van der Waals surface area contributed by atoms with Crippen LogP contribution in [0, 0.1) is 0 Å². The van der Waals surface area contributed by atoms with Gasteiger partial charge in [-0.1, -0.05) is 23.7 Å². The summed E-state index contributed by atoms with van der Waals surface area (Å²) in [5.74, 6) is 1.12. The number of pyridine rings is 1. The maximum atomic E-state index is 5.79. The zero-order valence-corrected chi connectivity index (χ0v) is 13.1. The Morgan fingerprint density at radius 3 is 2.86 bits per heavy atom. The van der Waals surface area contributed by atoms with Crippen LogP contribution in [0.15, 0.2) is 36.9 Å². The van der Waals surface area contributed by atoms with Gasteiger partial charge in [0.25, 0.3) is 0 Å². The van der Waals surface area contributed by atoms with E-state index in [0.29, 0.717) is 5.15 Å². The van der Waals surface area contributed by atoms with Gasteiger partial charge in [0.05, 0.1) is 6.20 Å². The van der Waals surface area contributed by atoms with Crippen molar-refractivity contribution in [3.63, 3.8) is 0 Å². The summed E-state index contributed by atoms with van der Waals surface area (Å²) in [5.41, 5.74) is 1.72. The first-order chi connectivity index (χ1) is 10.8. The van der Waals surface area contributed by atoms with E-state index < -0.39 is 0 Å². The Labute approximate surface area is 133 Å². The second-order valence-electron chi connectivity index (χ2n) is 4.98. The monoisotopic (exact) mass is 316 g/mol. The molecule has 0 unspecified atom stereocenters. The molecule has 22 heavy (non-hydrogen) atoms. The summed E-state index contributed by atoms with van der Waals surface area (Å²) in [4.78, 5) is 8.38. The van der Waals surface area contributed by atoms with Crippen molar-refractivity contribution in [1.29, 1.82) is 0 Å². The lowest BCUT2D eigenvalue weighted by Crippen LogP contribution is -2.06. The normalized spacial score (nSPS) is 11.0. The number of nitrogens with zero attached hydrogens (tertiary/aromatic N) is 6. The number of halogens is 1. The Morgan fingerprint density at radius 2 is 2.09 bits per heavy atom. The van der Waals surface area contributed by atoms with Crippen LogP contribution < -0.4 is 0 Å². The lowest BCUT2D eigenvalue weighted by Gasteiger charge is -2.05. The number of aromatic nitrogens is 6. The van der Waals surface area contributed by atoms with E-state index in [2.05, 4.69) is 31.8 Å². The first kappa shape index (κ1) is 14.7. The average molecular weight is 317 g/mol. The van der Waals surface area contributed by atoms with Gasteiger partial charge in [-0.3, -0.25) is 4.68 Å². The number of hydrogen-bond acceptors (Lipinski definition) is 4. The van der Waals surface area contributed by atoms with Crippen molar-refractivity contribution >= 4 is 11.6 Å². The molecule has 0 atom stereocenters. The fourth-order valence-corrected chi connectivity index (χ4v) is 2.44. The molecule has 0 spiro atoms. The highest BCUT2D eigenvalue weighted by molar-refractivity contribution is 6.29. The molecule has 0 aliphatic heterocycles. The largest absolute Gasteiger partial charge is 0.335 e. The summed E-state index contributed by atoms with van der Waals surface area (Å²) in [6, 6.07) is 3.64. The van der Waals surface area contributed by atoms with Gasteiger partial charge in [-0.05, 0) is 18.6 Å². The Kier molecular flexibility index (Phi) is 4.48. The Balaban J connectivity index is 1.59. The van der Waals surface area contributed by atoms with Crippen LogP contribution in [0.2, 0.25) is 5.15 Å². The van der Waals surface area contributed by atoms with Gasteiger partial charge in [-0.2, -0.15) is 0 Å². The number of imidazole rings is 1. The number of rotatable bonds is 6. The maximum Gasteiger partial charge on any atom is 0.129 e. The molecule has 3 aromatic rings. The van der Waals surface area contributed by atoms with Crippen molar-refractivity contribution in [2.24, 2.45) is 0 Å². The Bertz CT molecular complexity index is 731. The third-order valence-corrected chi connectivity index (χ3v) is 3.69. The molecular weight excluding hydrogens is 300 g/mol. The summed E-state index contributed by atoms with van der Waals surface area (Å²) >= 11 is 5.79. The minimum atomic E-state index is 0.475. The van der Waals surface area contributed by atoms with Gasteiger partial charge in [0.2, 0.25) is 0 Å². The van der Waals surface area contributed by atoms with Crippen LogP contribution in [-0.4, -0.2) is 29.5 Å². The van der Waals surface area contributed by atoms with Crippen LogP contribution in [0.25, 0.3) is 11.3 Å². The van der Waals surface area contributed by atoms with E-state index in [1.54, 1.807) is 12.3 Å². The molecule has 6 nitrogen and oxygen atoms in total. The quantitative estimate of drug-likeness (QED) is 0.656. The molecular formula is C15H17ClN6. The smallest absolute Gasteiger partial charge is 0.129 e. The Hall–Kier alpha value is -2.21. The van der Waals surface area contributed by atoms with E-state index >= 15 is 0 Å². The molecule has 114 valence electrons. The molecule has 0 saturated heterocycles. The summed E-state index contributed by atoms with van der Waals surface area (Å²) in [5, 5.41) is 8.81. The van der Waals surface area contributed by atoms with Crippen LogP contribution >= 0.6 is 11.6 Å². The maximum absolute atomic E-state index is 5.79. The van der Waals surface area contributed by atoms with E-state index in [-0.39, 0.29) is 0 Å². The zero-order chi connectivity index (χ0) is 15.4. The van der Waals surface area contributed by atoms with Crippen LogP contribution in [0.3, 0.4) is 0 Å². The van der Waals surface area contributed by atoms with Crippen molar-refractivity contribution < 1.29 is 0 Å². The number of hydrogen-bond donors (Lipinski definition) is 0. The second kappa shape index (κ2) is 6.70. The summed E-state index contributed by atoms with van der Waals surface area (Å²) in [7, 11) is 0. The van der Waals surface area contributed by atoms with Crippen LogP contribution in [-0.2, 0) is 19.5 Å². The molecule has 0 N–H and O–H groups in total. The first-order valence-corrected chi connectivity index (χ1v) is 7.66. The highest BCUT2D eigenvalue weighted by atomic mass is 35.5. The molecule has 7 heteroatoms. The molecule has 0 aliphatic carbocycles. The molecule has 0 fully saturated rings. The minimum Gasteiger partial charge on any atom is -0.335 e. The SMILES string of the molecule is CCc1nccn1CCCn1cc(-c2ccc(Cl)nc2)nn1. The molecule has 0 aliphatic rings. The standard InChI is InChI=1S/C15H17ClN6/c1-2-15-17-6-9-21(15)7-3-8-22-11-13(19-20-22)12-4-5-14(16)18-10-12/h4-6,9-11H,2-3,7-8H2,1H3. The lowest BCUT2D eigenvalue weighted by molar-refractivity contribution is 0.507. The predicted octanol–water partition coefficient (Wildman–Crippen LogP) is 2.84. The third-order valence-electron chi connectivity index (χ3n) is 3.47. The fourth-order valence-electron chi connectivity index (χ4n) is 2.33. The molecule has 3 rings (SSSR count). The van der Waals surface area contributed by atoms with Gasteiger partial charge in [0, 0.05) is 43.7 Å². The van der Waals surface area contributed by atoms with Crippen molar-refractivity contribution in [2.75, 3.05) is 0 Å². The second-order valence-corrected chi connectivity index (χ2v) is 5.37. The highest BCUT2D eigenvalue weighted by Crippen LogP contribution is 2.16. The summed E-state index contributed by atoms with van der Waals surface area (Å²) < 4.78 is 4.04. The van der Waals surface area contributed by atoms with E-state index in [9.17, 15) is 0 Å². The van der Waals surface area contributed by atoms with Crippen LogP contribution in [0.4, 0.5) is 0 Å². The van der Waals surface area contributed by atoms with E-state index in [0.717, 1.165) is 43.0 Å². The van der Waals surface area contributed by atoms with Gasteiger partial charge < -0.3 is 4.57 Å². The highest BCUT2D eigenvalue weighted by Gasteiger charge is 2.05. The van der Waals surface area contributed by atoms with Gasteiger partial charge in [0.1, 0.15) is 16.7 Å². The van der Waals surface area contributed by atoms with E-state index in [4.69, 9.17) is 11.6 Å². The van der Waals surface area contributed by atoms with Gasteiger partial charge in [-0.25, -0.2) is 9.97 Å². The van der Waals surface area contributed by atoms with E-state index in [1.807, 2.05) is 29.3 Å². The molecule has 3 aromatic heterocycles.